The summed E-state index contributed by atoms with van der Waals surface area (Å²) in [6.45, 7) is 3.33. The molecule has 6 aromatic heterocycles. The molecule has 19 nitrogen and oxygen atoms in total. The van der Waals surface area contributed by atoms with E-state index >= 15 is 0 Å². The van der Waals surface area contributed by atoms with Gasteiger partial charge in [-0.3, -0.25) is 30.9 Å². The van der Waals surface area contributed by atoms with Gasteiger partial charge in [0.25, 0.3) is 0 Å². The van der Waals surface area contributed by atoms with Crippen LogP contribution in [0.1, 0.15) is 66.7 Å². The number of amides is 6. The lowest BCUT2D eigenvalue weighted by Gasteiger charge is -2.42. The number of ether oxygens (including phenoxy) is 1. The van der Waals surface area contributed by atoms with Gasteiger partial charge in [-0.25, -0.2) is 44.3 Å². The normalized spacial score (nSPS) is 16.5. The molecule has 0 bridgehead atoms. The molecule has 3 N–H and O–H groups in total. The number of rotatable bonds is 7. The number of urea groups is 3. The second-order valence-electron chi connectivity index (χ2n) is 21.5. The lowest BCUT2D eigenvalue weighted by atomic mass is 9.75. The van der Waals surface area contributed by atoms with E-state index in [1.165, 1.54) is 85.9 Å². The minimum atomic E-state index is -4.58. The van der Waals surface area contributed by atoms with Gasteiger partial charge in [-0.15, -0.1) is 0 Å². The van der Waals surface area contributed by atoms with Gasteiger partial charge in [0.2, 0.25) is 0 Å². The second-order valence-corrected chi connectivity index (χ2v) is 26.1. The molecule has 0 unspecified atom stereocenters. The molecule has 9 heterocycles. The quantitative estimate of drug-likeness (QED) is 0.127. The maximum atomic E-state index is 14.1. The topological polar surface area (TPSA) is 222 Å². The van der Waals surface area contributed by atoms with Crippen LogP contribution in [0.25, 0.3) is 30.6 Å². The Morgan fingerprint density at radius 2 is 0.793 bits per heavy atom. The van der Waals surface area contributed by atoms with Crippen molar-refractivity contribution >= 4 is 145 Å². The maximum absolute atomic E-state index is 14.1. The Bertz CT molecular complexity index is 4160. The number of methoxy groups -OCH3 is 1. The first-order chi connectivity index (χ1) is 43.5. The minimum absolute atomic E-state index is 0.0959. The fraction of sp³-hybridized carbons (Fsp3) is 0.368. The number of aryl methyl sites for hydroxylation is 2. The number of aromatic nitrogens is 9. The Hall–Kier alpha value is -7.29. The molecule has 0 atom stereocenters. The van der Waals surface area contributed by atoms with E-state index in [4.69, 9.17) is 51.1 Å². The number of benzene rings is 3. The van der Waals surface area contributed by atoms with Crippen LogP contribution < -0.4 is 20.7 Å². The Morgan fingerprint density at radius 3 is 1.16 bits per heavy atom. The van der Waals surface area contributed by atoms with Crippen LogP contribution in [0.2, 0.25) is 20.5 Å². The zero-order chi connectivity index (χ0) is 66.1. The zero-order valence-electron chi connectivity index (χ0n) is 48.2. The van der Waals surface area contributed by atoms with Crippen molar-refractivity contribution < 1.29 is 58.6 Å². The van der Waals surface area contributed by atoms with Crippen molar-refractivity contribution in [2.45, 2.75) is 87.1 Å². The Kier molecular flexibility index (Phi) is 19.8. The Balaban J connectivity index is 0.000000151. The number of anilines is 3. The monoisotopic (exact) mass is 1420 g/mol. The van der Waals surface area contributed by atoms with Crippen LogP contribution in [0, 0.1) is 13.8 Å². The second kappa shape index (κ2) is 27.0. The maximum Gasteiger partial charge on any atom is 0.400 e. The highest BCUT2D eigenvalue weighted by Gasteiger charge is 2.61. The first-order valence-corrected chi connectivity index (χ1v) is 31.7. The van der Waals surface area contributed by atoms with Gasteiger partial charge in [0.05, 0.1) is 54.8 Å². The molecule has 0 aliphatic carbocycles. The molecule has 92 heavy (non-hydrogen) atoms. The molecule has 0 radical (unpaired) electrons. The number of nitrogens with zero attached hydrogens (tertiary/aromatic N) is 12. The molecular weight excluding hydrogens is 1370 g/mol. The summed E-state index contributed by atoms with van der Waals surface area (Å²) in [6.07, 6.45) is -8.57. The first kappa shape index (κ1) is 67.6. The number of piperidine rings is 3. The SMILES string of the molecule is COc1ccc2nc(NC(=O)N3CCC(c4nccnc4Cl)(C(F)(F)F)CC3)sc2c1.Cc1cc2nc(NC(=O)N3CCC(c4nccnc4Cl)(C(F)(F)F)CC3)sc2cc1C.O=C(Nc1nc2cc(Cl)ccc2s1)N1CCC(c2nccnc2Cl)(C(F)(F)F)CC1. The number of alkyl halides is 9. The van der Waals surface area contributed by atoms with Crippen molar-refractivity contribution in [2.24, 2.45) is 0 Å². The number of fused-ring (bicyclic) bond motifs is 3. The van der Waals surface area contributed by atoms with E-state index < -0.39 is 52.9 Å². The van der Waals surface area contributed by atoms with Crippen molar-refractivity contribution in [3.05, 3.63) is 134 Å². The first-order valence-electron chi connectivity index (χ1n) is 27.7. The van der Waals surface area contributed by atoms with E-state index in [9.17, 15) is 53.9 Å². The number of hydrogen-bond donors (Lipinski definition) is 3. The van der Waals surface area contributed by atoms with Gasteiger partial charge in [0.1, 0.15) is 22.0 Å². The standard InChI is InChI=1S/C20H19ClF3N5OS.C19H17ClF3N5O2S.C18H14Cl2F3N5OS/c1-11-9-13-14(10-12(11)2)31-17(27-13)28-18(30)29-7-3-19(4-8-29,20(22,23)24)15-16(21)26-6-5-25-15;1-30-11-2-3-12-13(10-11)31-16(26-12)27-17(29)28-8-4-18(5-9-28,19(21,22)23)14-15(20)25-7-6-24-14;19-10-1-2-12-11(9-10)26-15(30-12)27-16(29)28-7-3-17(4-8-28,18(21,22)23)13-14(20)25-6-5-24-13/h5-6,9-10H,3-4,7-8H2,1-2H3,(H,27,28,30);2-3,6-7,10H,4-5,8-9H2,1H3,(H,26,27,29);1-2,5-6,9H,3-4,7-8H2,(H,26,27,29). The highest BCUT2D eigenvalue weighted by atomic mass is 35.5. The molecular formula is C57H50Cl4F9N15O4S3. The summed E-state index contributed by atoms with van der Waals surface area (Å²) >= 11 is 27.6. The third-order valence-electron chi connectivity index (χ3n) is 16.3. The van der Waals surface area contributed by atoms with Crippen molar-refractivity contribution in [1.82, 2.24) is 59.6 Å². The van der Waals surface area contributed by atoms with Crippen molar-refractivity contribution in [3.8, 4) is 5.75 Å². The van der Waals surface area contributed by atoms with Crippen LogP contribution >= 0.6 is 80.4 Å². The lowest BCUT2D eigenvalue weighted by molar-refractivity contribution is -0.203. The van der Waals surface area contributed by atoms with Crippen LogP contribution in [0.15, 0.2) is 85.7 Å². The van der Waals surface area contributed by atoms with E-state index in [2.05, 4.69) is 60.8 Å². The molecule has 3 aromatic carbocycles. The molecule has 3 aliphatic rings. The van der Waals surface area contributed by atoms with Crippen LogP contribution in [0.3, 0.4) is 0 Å². The van der Waals surface area contributed by atoms with Gasteiger partial charge >= 0.3 is 36.6 Å². The minimum Gasteiger partial charge on any atom is -0.497 e. The molecule has 3 aliphatic heterocycles. The van der Waals surface area contributed by atoms with E-state index in [0.717, 1.165) is 30.7 Å². The van der Waals surface area contributed by atoms with Gasteiger partial charge in [0, 0.05) is 81.5 Å². The van der Waals surface area contributed by atoms with E-state index in [1.54, 1.807) is 43.5 Å². The molecule has 6 amide bonds. The average molecular weight is 1420 g/mol. The van der Waals surface area contributed by atoms with Crippen molar-refractivity contribution in [2.75, 3.05) is 62.3 Å². The predicted molar refractivity (Wildman–Crippen MR) is 334 cm³/mol. The Labute approximate surface area is 549 Å². The number of nitrogens with one attached hydrogen (secondary N) is 3. The summed E-state index contributed by atoms with van der Waals surface area (Å²) in [7, 11) is 1.55. The predicted octanol–water partition coefficient (Wildman–Crippen LogP) is 15.9. The van der Waals surface area contributed by atoms with Crippen LogP contribution in [-0.4, -0.2) is 143 Å². The van der Waals surface area contributed by atoms with Crippen LogP contribution in [0.4, 0.5) is 69.3 Å². The summed E-state index contributed by atoms with van der Waals surface area (Å²) in [5.41, 5.74) is -3.32. The lowest BCUT2D eigenvalue weighted by Crippen LogP contribution is -2.53. The smallest absolute Gasteiger partial charge is 0.400 e. The van der Waals surface area contributed by atoms with Crippen molar-refractivity contribution in [3.63, 3.8) is 0 Å². The Morgan fingerprint density at radius 1 is 0.457 bits per heavy atom. The summed E-state index contributed by atoms with van der Waals surface area (Å²) in [5, 5.41) is 8.87. The molecule has 35 heteroatoms. The van der Waals surface area contributed by atoms with Gasteiger partial charge in [0.15, 0.2) is 30.9 Å². The molecule has 0 saturated carbocycles. The summed E-state index contributed by atoms with van der Waals surface area (Å²) in [5.74, 6) is 0.663. The van der Waals surface area contributed by atoms with E-state index in [0.29, 0.717) is 37.2 Å². The highest BCUT2D eigenvalue weighted by Crippen LogP contribution is 2.52. The molecule has 3 fully saturated rings. The van der Waals surface area contributed by atoms with Gasteiger partial charge < -0.3 is 19.4 Å². The molecule has 3 saturated heterocycles. The fourth-order valence-electron chi connectivity index (χ4n) is 10.9. The zero-order valence-corrected chi connectivity index (χ0v) is 53.7. The number of carbonyl (C=O) groups is 3. The third kappa shape index (κ3) is 14.0. The largest absolute Gasteiger partial charge is 0.497 e. The van der Waals surface area contributed by atoms with Crippen LogP contribution in [0.5, 0.6) is 5.75 Å². The van der Waals surface area contributed by atoms with Crippen LogP contribution in [-0.2, 0) is 16.2 Å². The van der Waals surface area contributed by atoms with Gasteiger partial charge in [-0.2, -0.15) is 39.5 Å². The molecule has 0 spiro atoms. The van der Waals surface area contributed by atoms with E-state index in [-0.39, 0.29) is 110 Å². The molecule has 9 aromatic rings. The number of thiazole rings is 3. The highest BCUT2D eigenvalue weighted by molar-refractivity contribution is 7.23. The summed E-state index contributed by atoms with van der Waals surface area (Å²) in [6, 6.07) is 12.9. The molecule has 12 rings (SSSR count). The average Bonchev–Trinajstić information content (AvgIpc) is 1.39. The molecule has 486 valence electrons. The third-order valence-corrected chi connectivity index (χ3v) is 20.1. The summed E-state index contributed by atoms with van der Waals surface area (Å²) in [4.78, 5) is 77.9. The number of hydrogen-bond acceptors (Lipinski definition) is 16. The van der Waals surface area contributed by atoms with Gasteiger partial charge in [-0.1, -0.05) is 80.4 Å². The summed E-state index contributed by atoms with van der Waals surface area (Å²) < 4.78 is 134. The van der Waals surface area contributed by atoms with Crippen molar-refractivity contribution in [1.29, 1.82) is 0 Å². The number of halogens is 13. The van der Waals surface area contributed by atoms with Gasteiger partial charge in [-0.05, 0) is 112 Å². The number of likely N-dealkylation sites (tertiary alicyclic amines) is 3. The van der Waals surface area contributed by atoms with E-state index in [1.807, 2.05) is 26.0 Å². The fourth-order valence-corrected chi connectivity index (χ4v) is 14.6. The number of carbonyl (C=O) groups excluding carboxylic acids is 3.